The molecule has 1 rings (SSSR count). The first-order valence-corrected chi connectivity index (χ1v) is 4.04. The summed E-state index contributed by atoms with van der Waals surface area (Å²) in [6, 6.07) is 9.27. The van der Waals surface area contributed by atoms with E-state index in [2.05, 4.69) is 0 Å². The third-order valence-electron chi connectivity index (χ3n) is 1.86. The molecule has 0 spiro atoms. The van der Waals surface area contributed by atoms with Crippen molar-refractivity contribution in [3.05, 3.63) is 29.8 Å². The standard InChI is InChI=1S/C10H12N2O/c1-13-9-4-2-8(3-5-9)10(12)6-7-11/h2-5,10H,6,12H2,1H3/t10-/m1/s1. The monoisotopic (exact) mass is 176 g/mol. The van der Waals surface area contributed by atoms with Gasteiger partial charge in [0.2, 0.25) is 0 Å². The second-order valence-electron chi connectivity index (χ2n) is 2.74. The minimum Gasteiger partial charge on any atom is -0.497 e. The molecule has 0 aliphatic rings. The van der Waals surface area contributed by atoms with E-state index in [1.807, 2.05) is 30.3 Å². The minimum atomic E-state index is -0.198. The van der Waals surface area contributed by atoms with Crippen LogP contribution in [-0.4, -0.2) is 7.11 Å². The first kappa shape index (κ1) is 9.56. The van der Waals surface area contributed by atoms with Gasteiger partial charge in [0.1, 0.15) is 5.75 Å². The van der Waals surface area contributed by atoms with E-state index in [1.54, 1.807) is 7.11 Å². The average Bonchev–Trinajstić information content (AvgIpc) is 2.18. The molecular formula is C10H12N2O. The van der Waals surface area contributed by atoms with Crippen LogP contribution in [0.25, 0.3) is 0 Å². The third kappa shape index (κ3) is 2.46. The lowest BCUT2D eigenvalue weighted by molar-refractivity contribution is 0.414. The van der Waals surface area contributed by atoms with Gasteiger partial charge in [-0.15, -0.1) is 0 Å². The molecule has 3 nitrogen and oxygen atoms in total. The fraction of sp³-hybridized carbons (Fsp3) is 0.300. The smallest absolute Gasteiger partial charge is 0.118 e. The predicted molar refractivity (Wildman–Crippen MR) is 50.2 cm³/mol. The van der Waals surface area contributed by atoms with Gasteiger partial charge in [0.25, 0.3) is 0 Å². The number of nitriles is 1. The summed E-state index contributed by atoms with van der Waals surface area (Å²) < 4.78 is 5.00. The zero-order valence-electron chi connectivity index (χ0n) is 7.53. The largest absolute Gasteiger partial charge is 0.497 e. The molecule has 0 aromatic heterocycles. The zero-order chi connectivity index (χ0) is 9.68. The summed E-state index contributed by atoms with van der Waals surface area (Å²) in [4.78, 5) is 0. The summed E-state index contributed by atoms with van der Waals surface area (Å²) in [5.41, 5.74) is 6.69. The van der Waals surface area contributed by atoms with Gasteiger partial charge < -0.3 is 10.5 Å². The first-order valence-electron chi connectivity index (χ1n) is 4.04. The molecule has 0 saturated carbocycles. The van der Waals surface area contributed by atoms with Crippen molar-refractivity contribution in [1.82, 2.24) is 0 Å². The fourth-order valence-corrected chi connectivity index (χ4v) is 1.07. The molecule has 0 amide bonds. The van der Waals surface area contributed by atoms with Crippen LogP contribution in [0.5, 0.6) is 5.75 Å². The van der Waals surface area contributed by atoms with Gasteiger partial charge in [-0.1, -0.05) is 12.1 Å². The van der Waals surface area contributed by atoms with Gasteiger partial charge in [0.15, 0.2) is 0 Å². The maximum absolute atomic E-state index is 8.44. The first-order chi connectivity index (χ1) is 6.27. The maximum atomic E-state index is 8.44. The van der Waals surface area contributed by atoms with Crippen molar-refractivity contribution >= 4 is 0 Å². The Bertz CT molecular complexity index is 300. The predicted octanol–water partition coefficient (Wildman–Crippen LogP) is 1.61. The number of ether oxygens (including phenoxy) is 1. The molecule has 2 N–H and O–H groups in total. The zero-order valence-corrected chi connectivity index (χ0v) is 7.53. The SMILES string of the molecule is COc1ccc([C@H](N)CC#N)cc1. The number of nitrogens with zero attached hydrogens (tertiary/aromatic N) is 1. The molecule has 3 heteroatoms. The Morgan fingerprint density at radius 1 is 1.46 bits per heavy atom. The summed E-state index contributed by atoms with van der Waals surface area (Å²) in [6.45, 7) is 0. The topological polar surface area (TPSA) is 59.0 Å². The summed E-state index contributed by atoms with van der Waals surface area (Å²) >= 11 is 0. The van der Waals surface area contributed by atoms with Crippen LogP contribution in [0.3, 0.4) is 0 Å². The van der Waals surface area contributed by atoms with Crippen molar-refractivity contribution in [1.29, 1.82) is 5.26 Å². The van der Waals surface area contributed by atoms with E-state index in [9.17, 15) is 0 Å². The van der Waals surface area contributed by atoms with Gasteiger partial charge in [-0.25, -0.2) is 0 Å². The number of nitrogens with two attached hydrogens (primary N) is 1. The second-order valence-corrected chi connectivity index (χ2v) is 2.74. The number of benzene rings is 1. The van der Waals surface area contributed by atoms with Crippen LogP contribution in [0.4, 0.5) is 0 Å². The van der Waals surface area contributed by atoms with Crippen LogP contribution in [0.1, 0.15) is 18.0 Å². The number of hydrogen-bond acceptors (Lipinski definition) is 3. The Morgan fingerprint density at radius 3 is 2.54 bits per heavy atom. The summed E-state index contributed by atoms with van der Waals surface area (Å²) in [7, 11) is 1.62. The molecule has 0 fully saturated rings. The van der Waals surface area contributed by atoms with Crippen molar-refractivity contribution < 1.29 is 4.74 Å². The quantitative estimate of drug-likeness (QED) is 0.761. The van der Waals surface area contributed by atoms with Crippen LogP contribution in [-0.2, 0) is 0 Å². The lowest BCUT2D eigenvalue weighted by Crippen LogP contribution is -2.08. The Balaban J connectivity index is 2.74. The van der Waals surface area contributed by atoms with Crippen LogP contribution in [0, 0.1) is 11.3 Å². The second kappa shape index (κ2) is 4.48. The van der Waals surface area contributed by atoms with Gasteiger partial charge in [-0.05, 0) is 17.7 Å². The molecular weight excluding hydrogens is 164 g/mol. The summed E-state index contributed by atoms with van der Waals surface area (Å²) in [5.74, 6) is 0.799. The van der Waals surface area contributed by atoms with E-state index in [4.69, 9.17) is 15.7 Å². The van der Waals surface area contributed by atoms with E-state index in [0.29, 0.717) is 6.42 Å². The van der Waals surface area contributed by atoms with E-state index in [0.717, 1.165) is 11.3 Å². The molecule has 68 valence electrons. The molecule has 0 unspecified atom stereocenters. The Hall–Kier alpha value is -1.53. The van der Waals surface area contributed by atoms with Crippen molar-refractivity contribution in [3.8, 4) is 11.8 Å². The van der Waals surface area contributed by atoms with E-state index < -0.39 is 0 Å². The molecule has 0 radical (unpaired) electrons. The highest BCUT2D eigenvalue weighted by atomic mass is 16.5. The van der Waals surface area contributed by atoms with Crippen molar-refractivity contribution in [3.63, 3.8) is 0 Å². The molecule has 1 aromatic rings. The highest BCUT2D eigenvalue weighted by molar-refractivity contribution is 5.29. The normalized spacial score (nSPS) is 11.8. The number of methoxy groups -OCH3 is 1. The van der Waals surface area contributed by atoms with Gasteiger partial charge in [0, 0.05) is 6.04 Å². The van der Waals surface area contributed by atoms with Crippen LogP contribution >= 0.6 is 0 Å². The number of hydrogen-bond donors (Lipinski definition) is 1. The third-order valence-corrected chi connectivity index (χ3v) is 1.86. The molecule has 0 aliphatic carbocycles. The highest BCUT2D eigenvalue weighted by Gasteiger charge is 2.04. The fourth-order valence-electron chi connectivity index (χ4n) is 1.07. The minimum absolute atomic E-state index is 0.198. The Morgan fingerprint density at radius 2 is 2.08 bits per heavy atom. The van der Waals surface area contributed by atoms with Crippen molar-refractivity contribution in [2.75, 3.05) is 7.11 Å². The molecule has 0 heterocycles. The summed E-state index contributed by atoms with van der Waals surface area (Å²) in [5, 5.41) is 8.44. The van der Waals surface area contributed by atoms with Gasteiger partial charge in [-0.2, -0.15) is 5.26 Å². The van der Waals surface area contributed by atoms with E-state index in [-0.39, 0.29) is 6.04 Å². The molecule has 13 heavy (non-hydrogen) atoms. The molecule has 0 aliphatic heterocycles. The van der Waals surface area contributed by atoms with Crippen LogP contribution in [0.2, 0.25) is 0 Å². The van der Waals surface area contributed by atoms with Gasteiger partial charge in [-0.3, -0.25) is 0 Å². The average molecular weight is 176 g/mol. The number of rotatable bonds is 3. The molecule has 0 bridgehead atoms. The van der Waals surface area contributed by atoms with Gasteiger partial charge >= 0.3 is 0 Å². The van der Waals surface area contributed by atoms with E-state index in [1.165, 1.54) is 0 Å². The molecule has 1 aromatic carbocycles. The lowest BCUT2D eigenvalue weighted by atomic mass is 10.1. The lowest BCUT2D eigenvalue weighted by Gasteiger charge is -2.07. The maximum Gasteiger partial charge on any atom is 0.118 e. The highest BCUT2D eigenvalue weighted by Crippen LogP contribution is 2.17. The van der Waals surface area contributed by atoms with E-state index >= 15 is 0 Å². The molecule has 0 saturated heterocycles. The Labute approximate surface area is 77.7 Å². The van der Waals surface area contributed by atoms with Gasteiger partial charge in [0.05, 0.1) is 19.6 Å². The van der Waals surface area contributed by atoms with Crippen LogP contribution < -0.4 is 10.5 Å². The van der Waals surface area contributed by atoms with Crippen LogP contribution in [0.15, 0.2) is 24.3 Å². The van der Waals surface area contributed by atoms with Crippen molar-refractivity contribution in [2.24, 2.45) is 5.73 Å². The molecule has 1 atom stereocenters. The van der Waals surface area contributed by atoms with Crippen molar-refractivity contribution in [2.45, 2.75) is 12.5 Å². The summed E-state index contributed by atoms with van der Waals surface area (Å²) in [6.07, 6.45) is 0.340. The Kier molecular flexibility index (Phi) is 3.30.